The van der Waals surface area contributed by atoms with E-state index in [4.69, 9.17) is 4.74 Å². The largest absolute Gasteiger partial charge is 0.477 e. The van der Waals surface area contributed by atoms with Gasteiger partial charge in [-0.3, -0.25) is 4.98 Å². The van der Waals surface area contributed by atoms with Gasteiger partial charge in [-0.05, 0) is 25.8 Å². The zero-order valence-electron chi connectivity index (χ0n) is 11.0. The van der Waals surface area contributed by atoms with Crippen LogP contribution in [0, 0.1) is 0 Å². The van der Waals surface area contributed by atoms with Crippen molar-refractivity contribution in [1.82, 2.24) is 15.3 Å². The molecule has 0 bridgehead atoms. The first-order chi connectivity index (χ1) is 8.88. The molecule has 0 aromatic carbocycles. The molecule has 1 fully saturated rings. The number of hydrogen-bond donors (Lipinski definition) is 2. The summed E-state index contributed by atoms with van der Waals surface area (Å²) in [6.07, 6.45) is 8.19. The summed E-state index contributed by atoms with van der Waals surface area (Å²) < 4.78 is 5.46. The minimum Gasteiger partial charge on any atom is -0.477 e. The Labute approximate surface area is 108 Å². The van der Waals surface area contributed by atoms with E-state index >= 15 is 0 Å². The van der Waals surface area contributed by atoms with E-state index in [0.29, 0.717) is 18.5 Å². The van der Waals surface area contributed by atoms with E-state index < -0.39 is 0 Å². The van der Waals surface area contributed by atoms with E-state index in [1.54, 1.807) is 12.4 Å². The van der Waals surface area contributed by atoms with Gasteiger partial charge in [-0.25, -0.2) is 0 Å². The number of hydrogen-bond acceptors (Lipinski definition) is 5. The highest BCUT2D eigenvalue weighted by Crippen LogP contribution is 2.11. The third-order valence-corrected chi connectivity index (χ3v) is 3.01. The van der Waals surface area contributed by atoms with E-state index in [1.165, 1.54) is 19.3 Å². The summed E-state index contributed by atoms with van der Waals surface area (Å²) in [5, 5.41) is 6.81. The van der Waals surface area contributed by atoms with Crippen molar-refractivity contribution < 1.29 is 4.74 Å². The highest BCUT2D eigenvalue weighted by molar-refractivity contribution is 5.33. The zero-order valence-corrected chi connectivity index (χ0v) is 11.0. The maximum absolute atomic E-state index is 5.46. The molecule has 5 heteroatoms. The van der Waals surface area contributed by atoms with Crippen molar-refractivity contribution in [2.75, 3.05) is 25.0 Å². The van der Waals surface area contributed by atoms with Gasteiger partial charge in [-0.1, -0.05) is 13.3 Å². The van der Waals surface area contributed by atoms with Crippen LogP contribution in [0.15, 0.2) is 12.4 Å². The number of aromatic nitrogens is 2. The second-order valence-corrected chi connectivity index (χ2v) is 4.62. The predicted octanol–water partition coefficient (Wildman–Crippen LogP) is 1.82. The number of nitrogens with one attached hydrogen (secondary N) is 2. The molecular formula is C13H22N4O. The van der Waals surface area contributed by atoms with Crippen LogP contribution < -0.4 is 15.4 Å². The molecule has 5 nitrogen and oxygen atoms in total. The molecule has 1 aliphatic rings. The molecule has 100 valence electrons. The minimum absolute atomic E-state index is 0.542. The molecule has 0 aliphatic carbocycles. The van der Waals surface area contributed by atoms with Crippen LogP contribution >= 0.6 is 0 Å². The van der Waals surface area contributed by atoms with Gasteiger partial charge in [-0.15, -0.1) is 0 Å². The van der Waals surface area contributed by atoms with E-state index in [2.05, 4.69) is 27.5 Å². The third-order valence-electron chi connectivity index (χ3n) is 3.01. The molecule has 0 radical (unpaired) electrons. The summed E-state index contributed by atoms with van der Waals surface area (Å²) >= 11 is 0. The highest BCUT2D eigenvalue weighted by Gasteiger charge is 2.12. The van der Waals surface area contributed by atoms with Crippen LogP contribution in [0.1, 0.15) is 32.6 Å². The second-order valence-electron chi connectivity index (χ2n) is 4.62. The van der Waals surface area contributed by atoms with Gasteiger partial charge in [0.1, 0.15) is 5.82 Å². The Bertz CT molecular complexity index is 353. The molecule has 0 amide bonds. The van der Waals surface area contributed by atoms with Crippen LogP contribution in [0.3, 0.4) is 0 Å². The van der Waals surface area contributed by atoms with Crippen LogP contribution in [-0.2, 0) is 0 Å². The summed E-state index contributed by atoms with van der Waals surface area (Å²) in [6, 6.07) is 0.542. The first-order valence-corrected chi connectivity index (χ1v) is 6.80. The number of nitrogens with zero attached hydrogens (tertiary/aromatic N) is 2. The average molecular weight is 250 g/mol. The molecule has 18 heavy (non-hydrogen) atoms. The zero-order chi connectivity index (χ0) is 12.6. The number of anilines is 1. The van der Waals surface area contributed by atoms with Crippen molar-refractivity contribution in [2.45, 2.75) is 38.6 Å². The second kappa shape index (κ2) is 7.16. The van der Waals surface area contributed by atoms with Gasteiger partial charge in [0.05, 0.1) is 19.0 Å². The van der Waals surface area contributed by atoms with Gasteiger partial charge in [0.25, 0.3) is 0 Å². The van der Waals surface area contributed by atoms with Gasteiger partial charge in [0, 0.05) is 12.6 Å². The Kier molecular flexibility index (Phi) is 5.20. The third kappa shape index (κ3) is 4.14. The molecule has 0 spiro atoms. The van der Waals surface area contributed by atoms with Crippen molar-refractivity contribution in [3.05, 3.63) is 12.4 Å². The maximum atomic E-state index is 5.46. The molecule has 1 aliphatic heterocycles. The first kappa shape index (κ1) is 13.1. The Balaban J connectivity index is 1.80. The molecule has 1 saturated heterocycles. The van der Waals surface area contributed by atoms with Crippen LogP contribution in [0.4, 0.5) is 5.82 Å². The van der Waals surface area contributed by atoms with Crippen LogP contribution in [0.5, 0.6) is 5.88 Å². The molecular weight excluding hydrogens is 228 g/mol. The van der Waals surface area contributed by atoms with E-state index in [-0.39, 0.29) is 0 Å². The van der Waals surface area contributed by atoms with Gasteiger partial charge in [0.15, 0.2) is 0 Å². The lowest BCUT2D eigenvalue weighted by atomic mass is 10.1. The molecule has 1 atom stereocenters. The summed E-state index contributed by atoms with van der Waals surface area (Å²) in [4.78, 5) is 8.50. The number of piperidine rings is 1. The van der Waals surface area contributed by atoms with Crippen LogP contribution in [0.25, 0.3) is 0 Å². The van der Waals surface area contributed by atoms with Gasteiger partial charge >= 0.3 is 0 Å². The quantitative estimate of drug-likeness (QED) is 0.806. The first-order valence-electron chi connectivity index (χ1n) is 6.80. The smallest absolute Gasteiger partial charge is 0.234 e. The fraction of sp³-hybridized carbons (Fsp3) is 0.692. The van der Waals surface area contributed by atoms with Crippen LogP contribution in [0.2, 0.25) is 0 Å². The Hall–Kier alpha value is -1.36. The molecule has 2 heterocycles. The molecule has 2 rings (SSSR count). The number of ether oxygens (including phenoxy) is 1. The SMILES string of the molecule is CCCOc1cncc(NCC2CCCCN2)n1. The van der Waals surface area contributed by atoms with Crippen molar-refractivity contribution in [3.63, 3.8) is 0 Å². The van der Waals surface area contributed by atoms with E-state index in [9.17, 15) is 0 Å². The topological polar surface area (TPSA) is 59.1 Å². The lowest BCUT2D eigenvalue weighted by molar-refractivity contribution is 0.304. The van der Waals surface area contributed by atoms with Crippen molar-refractivity contribution in [2.24, 2.45) is 0 Å². The summed E-state index contributed by atoms with van der Waals surface area (Å²) in [5.41, 5.74) is 0. The Morgan fingerprint density at radius 2 is 2.39 bits per heavy atom. The van der Waals surface area contributed by atoms with Gasteiger partial charge in [0.2, 0.25) is 5.88 Å². The predicted molar refractivity (Wildman–Crippen MR) is 71.9 cm³/mol. The molecule has 0 saturated carbocycles. The number of rotatable bonds is 6. The standard InChI is InChI=1S/C13H22N4O/c1-2-7-18-13-10-14-9-12(17-13)16-8-11-5-3-4-6-15-11/h9-11,15H,2-8H2,1H3,(H,16,17). The fourth-order valence-electron chi connectivity index (χ4n) is 2.04. The molecule has 1 aromatic rings. The Morgan fingerprint density at radius 1 is 1.44 bits per heavy atom. The van der Waals surface area contributed by atoms with Crippen LogP contribution in [-0.4, -0.2) is 35.7 Å². The maximum Gasteiger partial charge on any atom is 0.234 e. The highest BCUT2D eigenvalue weighted by atomic mass is 16.5. The fourth-order valence-corrected chi connectivity index (χ4v) is 2.04. The molecule has 1 unspecified atom stereocenters. The molecule has 2 N–H and O–H groups in total. The van der Waals surface area contributed by atoms with Gasteiger partial charge < -0.3 is 15.4 Å². The monoisotopic (exact) mass is 250 g/mol. The van der Waals surface area contributed by atoms with Crippen molar-refractivity contribution in [1.29, 1.82) is 0 Å². The van der Waals surface area contributed by atoms with Crippen molar-refractivity contribution >= 4 is 5.82 Å². The Morgan fingerprint density at radius 3 is 3.17 bits per heavy atom. The summed E-state index contributed by atoms with van der Waals surface area (Å²) in [5.74, 6) is 1.38. The summed E-state index contributed by atoms with van der Waals surface area (Å²) in [6.45, 7) is 4.77. The average Bonchev–Trinajstić information content (AvgIpc) is 2.44. The lowest BCUT2D eigenvalue weighted by Gasteiger charge is -2.23. The normalized spacial score (nSPS) is 19.5. The minimum atomic E-state index is 0.542. The van der Waals surface area contributed by atoms with Crippen molar-refractivity contribution in [3.8, 4) is 5.88 Å². The summed E-state index contributed by atoms with van der Waals surface area (Å²) in [7, 11) is 0. The van der Waals surface area contributed by atoms with E-state index in [1.807, 2.05) is 0 Å². The van der Waals surface area contributed by atoms with E-state index in [0.717, 1.165) is 25.3 Å². The van der Waals surface area contributed by atoms with Gasteiger partial charge in [-0.2, -0.15) is 4.98 Å². The molecule has 1 aromatic heterocycles. The lowest BCUT2D eigenvalue weighted by Crippen LogP contribution is -2.39.